The summed E-state index contributed by atoms with van der Waals surface area (Å²) in [5.41, 5.74) is 1.47. The Hall–Kier alpha value is -0.720. The third-order valence-electron chi connectivity index (χ3n) is 2.62. The van der Waals surface area contributed by atoms with Crippen molar-refractivity contribution in [2.75, 3.05) is 6.61 Å². The summed E-state index contributed by atoms with van der Waals surface area (Å²) in [5, 5.41) is 0. The van der Waals surface area contributed by atoms with E-state index in [1.54, 1.807) is 0 Å². The van der Waals surface area contributed by atoms with Gasteiger partial charge >= 0.3 is 0 Å². The van der Waals surface area contributed by atoms with Gasteiger partial charge in [-0.2, -0.15) is 0 Å². The maximum atomic E-state index is 5.45. The van der Waals surface area contributed by atoms with Crippen LogP contribution < -0.4 is 0 Å². The predicted octanol–water partition coefficient (Wildman–Crippen LogP) is 2.89. The number of allylic oxidation sites excluding steroid dienone is 3. The molecule has 12 heavy (non-hydrogen) atoms. The van der Waals surface area contributed by atoms with E-state index in [4.69, 9.17) is 4.74 Å². The highest BCUT2D eigenvalue weighted by Crippen LogP contribution is 2.48. The second kappa shape index (κ2) is 2.96. The second-order valence-corrected chi connectivity index (χ2v) is 3.38. The molecule has 0 spiro atoms. The van der Waals surface area contributed by atoms with E-state index in [2.05, 4.69) is 12.2 Å². The Balaban J connectivity index is 0.000000264. The summed E-state index contributed by atoms with van der Waals surface area (Å²) in [7, 11) is 0. The first-order valence-electron chi connectivity index (χ1n) is 4.99. The number of ether oxygens (including phenoxy) is 1. The zero-order chi connectivity index (χ0) is 8.55. The van der Waals surface area contributed by atoms with Crippen molar-refractivity contribution >= 4 is 0 Å². The van der Waals surface area contributed by atoms with Crippen molar-refractivity contribution in [2.24, 2.45) is 11.8 Å². The fourth-order valence-electron chi connectivity index (χ4n) is 1.88. The van der Waals surface area contributed by atoms with Crippen LogP contribution in [-0.4, -0.2) is 6.61 Å². The summed E-state index contributed by atoms with van der Waals surface area (Å²) in [5.74, 6) is 2.93. The minimum Gasteiger partial charge on any atom is -0.493 e. The van der Waals surface area contributed by atoms with Crippen molar-refractivity contribution in [1.82, 2.24) is 0 Å². The van der Waals surface area contributed by atoms with Crippen molar-refractivity contribution in [2.45, 2.75) is 26.7 Å². The average molecular weight is 164 g/mol. The maximum absolute atomic E-state index is 5.45. The van der Waals surface area contributed by atoms with Crippen LogP contribution in [0, 0.1) is 11.8 Å². The van der Waals surface area contributed by atoms with E-state index < -0.39 is 0 Å². The fourth-order valence-corrected chi connectivity index (χ4v) is 1.88. The zero-order valence-corrected chi connectivity index (χ0v) is 7.84. The first kappa shape index (κ1) is 7.90. The molecule has 2 unspecified atom stereocenters. The number of fused-ring (bicyclic) bond motifs is 2. The molecule has 0 radical (unpaired) electrons. The van der Waals surface area contributed by atoms with E-state index >= 15 is 0 Å². The van der Waals surface area contributed by atoms with Crippen LogP contribution in [0.3, 0.4) is 0 Å². The van der Waals surface area contributed by atoms with E-state index in [0.717, 1.165) is 24.9 Å². The molecule has 0 aromatic heterocycles. The Morgan fingerprint density at radius 1 is 1.25 bits per heavy atom. The van der Waals surface area contributed by atoms with Crippen LogP contribution in [0.1, 0.15) is 26.7 Å². The second-order valence-electron chi connectivity index (χ2n) is 3.38. The molecule has 1 nitrogen and oxygen atoms in total. The molecule has 2 aliphatic carbocycles. The van der Waals surface area contributed by atoms with Crippen molar-refractivity contribution in [1.29, 1.82) is 0 Å². The first-order valence-corrected chi connectivity index (χ1v) is 4.99. The third-order valence-corrected chi connectivity index (χ3v) is 2.62. The van der Waals surface area contributed by atoms with Crippen molar-refractivity contribution < 1.29 is 4.74 Å². The molecule has 1 heteroatoms. The monoisotopic (exact) mass is 164 g/mol. The Labute approximate surface area is 74.1 Å². The van der Waals surface area contributed by atoms with Crippen LogP contribution in [0.25, 0.3) is 0 Å². The largest absolute Gasteiger partial charge is 0.493 e. The summed E-state index contributed by atoms with van der Waals surface area (Å²) < 4.78 is 5.45. The van der Waals surface area contributed by atoms with Gasteiger partial charge in [-0.15, -0.1) is 0 Å². The van der Waals surface area contributed by atoms with Crippen molar-refractivity contribution in [3.05, 3.63) is 23.5 Å². The molecule has 0 bridgehead atoms. The summed E-state index contributed by atoms with van der Waals surface area (Å²) in [6, 6.07) is 0. The highest BCUT2D eigenvalue weighted by molar-refractivity contribution is 5.37. The van der Waals surface area contributed by atoms with E-state index in [9.17, 15) is 0 Å². The van der Waals surface area contributed by atoms with Crippen LogP contribution in [0.2, 0.25) is 0 Å². The van der Waals surface area contributed by atoms with Gasteiger partial charge in [-0.05, 0) is 29.9 Å². The summed E-state index contributed by atoms with van der Waals surface area (Å²) in [4.78, 5) is 0. The van der Waals surface area contributed by atoms with Gasteiger partial charge in [0.15, 0.2) is 0 Å². The standard InChI is InChI=1S/C9H10O.C2H6/c1-2-10-9-5-8-4-7(8)3-6(1)9;1-2/h3,5,7-8H,1-2,4H2;1-2H3. The van der Waals surface area contributed by atoms with Gasteiger partial charge in [-0.3, -0.25) is 0 Å². The smallest absolute Gasteiger partial charge is 0.118 e. The minimum absolute atomic E-state index is 0.844. The van der Waals surface area contributed by atoms with E-state index in [-0.39, 0.29) is 0 Å². The fraction of sp³-hybridized carbons (Fsp3) is 0.636. The Kier molecular flexibility index (Phi) is 1.95. The Morgan fingerprint density at radius 3 is 2.83 bits per heavy atom. The number of hydrogen-bond acceptors (Lipinski definition) is 1. The highest BCUT2D eigenvalue weighted by atomic mass is 16.5. The molecule has 3 rings (SSSR count). The molecule has 0 aromatic rings. The van der Waals surface area contributed by atoms with Crippen LogP contribution in [0.4, 0.5) is 0 Å². The molecule has 1 aliphatic heterocycles. The van der Waals surface area contributed by atoms with Crippen molar-refractivity contribution in [3.8, 4) is 0 Å². The van der Waals surface area contributed by atoms with E-state index in [1.807, 2.05) is 13.8 Å². The zero-order valence-electron chi connectivity index (χ0n) is 7.84. The van der Waals surface area contributed by atoms with Gasteiger partial charge in [0.2, 0.25) is 0 Å². The lowest BCUT2D eigenvalue weighted by atomic mass is 10.1. The SMILES string of the molecule is C1=C2CCOC2=CC2CC12.CC. The number of rotatable bonds is 0. The lowest BCUT2D eigenvalue weighted by Crippen LogP contribution is -1.90. The van der Waals surface area contributed by atoms with Gasteiger partial charge in [0.05, 0.1) is 6.61 Å². The quantitative estimate of drug-likeness (QED) is 0.535. The summed E-state index contributed by atoms with van der Waals surface area (Å²) in [6.45, 7) is 4.91. The molecule has 1 heterocycles. The van der Waals surface area contributed by atoms with Gasteiger partial charge in [0.1, 0.15) is 5.76 Å². The predicted molar refractivity (Wildman–Crippen MR) is 49.7 cm³/mol. The third kappa shape index (κ3) is 1.17. The van der Waals surface area contributed by atoms with Crippen LogP contribution in [0.15, 0.2) is 23.5 Å². The number of hydrogen-bond donors (Lipinski definition) is 0. The average Bonchev–Trinajstić information content (AvgIpc) is 2.72. The molecule has 66 valence electrons. The minimum atomic E-state index is 0.844. The molecule has 1 saturated carbocycles. The molecule has 1 saturated heterocycles. The normalized spacial score (nSPS) is 34.5. The molecule has 0 N–H and O–H groups in total. The van der Waals surface area contributed by atoms with Crippen LogP contribution >= 0.6 is 0 Å². The molecular formula is C11H16O. The molecule has 0 amide bonds. The van der Waals surface area contributed by atoms with E-state index in [0.29, 0.717) is 0 Å². The van der Waals surface area contributed by atoms with Crippen molar-refractivity contribution in [3.63, 3.8) is 0 Å². The van der Waals surface area contributed by atoms with Crippen LogP contribution in [-0.2, 0) is 4.74 Å². The molecule has 2 atom stereocenters. The van der Waals surface area contributed by atoms with Gasteiger partial charge < -0.3 is 4.74 Å². The molecule has 2 fully saturated rings. The summed E-state index contributed by atoms with van der Waals surface area (Å²) in [6.07, 6.45) is 7.24. The Morgan fingerprint density at radius 2 is 2.00 bits per heavy atom. The van der Waals surface area contributed by atoms with Gasteiger partial charge in [-0.25, -0.2) is 0 Å². The molecule has 3 aliphatic rings. The van der Waals surface area contributed by atoms with Gasteiger partial charge in [0.25, 0.3) is 0 Å². The van der Waals surface area contributed by atoms with Gasteiger partial charge in [0, 0.05) is 6.42 Å². The lowest BCUT2D eigenvalue weighted by molar-refractivity contribution is 0.263. The molecular weight excluding hydrogens is 148 g/mol. The Bertz CT molecular complexity index is 213. The van der Waals surface area contributed by atoms with Crippen LogP contribution in [0.5, 0.6) is 0 Å². The topological polar surface area (TPSA) is 9.23 Å². The van der Waals surface area contributed by atoms with E-state index in [1.165, 1.54) is 17.8 Å². The maximum Gasteiger partial charge on any atom is 0.118 e. The molecule has 0 aromatic carbocycles. The summed E-state index contributed by atoms with van der Waals surface area (Å²) >= 11 is 0. The lowest BCUT2D eigenvalue weighted by Gasteiger charge is -2.03. The first-order chi connectivity index (χ1) is 5.93. The highest BCUT2D eigenvalue weighted by Gasteiger charge is 2.38. The van der Waals surface area contributed by atoms with Gasteiger partial charge in [-0.1, -0.05) is 19.9 Å².